The number of hydrogen-bond acceptors (Lipinski definition) is 4. The van der Waals surface area contributed by atoms with Crippen molar-refractivity contribution >= 4 is 22.6 Å². The minimum atomic E-state index is -2.04. The van der Waals surface area contributed by atoms with Crippen LogP contribution in [0.15, 0.2) is 12.7 Å². The third-order valence-electron chi connectivity index (χ3n) is 6.07. The fourth-order valence-electron chi connectivity index (χ4n) is 1.93. The second-order valence-electron chi connectivity index (χ2n) is 10.2. The van der Waals surface area contributed by atoms with E-state index in [1.54, 1.807) is 0 Å². The lowest BCUT2D eigenvalue weighted by molar-refractivity contribution is -0.143. The van der Waals surface area contributed by atoms with Crippen molar-refractivity contribution in [1.29, 1.82) is 0 Å². The van der Waals surface area contributed by atoms with Gasteiger partial charge in [0.05, 0.1) is 19.6 Å². The molecule has 154 valence electrons. The van der Waals surface area contributed by atoms with Crippen LogP contribution < -0.4 is 0 Å². The standard InChI is InChI=1S/C20H42O4Si2/c1-13-16(15-23-25(9,10)19(2,3)4)17(14-18(21)22-8)24-26(11,12)20(5,6)7/h13,16-17H,1,14-15H2,2-12H3/t16-,17+/m0/s1. The second-order valence-corrected chi connectivity index (χ2v) is 19.7. The first-order valence-electron chi connectivity index (χ1n) is 9.49. The van der Waals surface area contributed by atoms with Gasteiger partial charge in [-0.15, -0.1) is 6.58 Å². The molecule has 0 rings (SSSR count). The monoisotopic (exact) mass is 402 g/mol. The molecule has 0 aromatic carbocycles. The fraction of sp³-hybridized carbons (Fsp3) is 0.850. The summed E-state index contributed by atoms with van der Waals surface area (Å²) < 4.78 is 17.9. The quantitative estimate of drug-likeness (QED) is 0.279. The van der Waals surface area contributed by atoms with Crippen LogP contribution in [-0.4, -0.2) is 42.4 Å². The lowest BCUT2D eigenvalue weighted by Crippen LogP contribution is -2.48. The van der Waals surface area contributed by atoms with Crippen molar-refractivity contribution in [3.63, 3.8) is 0 Å². The van der Waals surface area contributed by atoms with E-state index in [1.165, 1.54) is 7.11 Å². The Bertz CT molecular complexity index is 473. The number of ether oxygens (including phenoxy) is 1. The Morgan fingerprint density at radius 1 is 1.00 bits per heavy atom. The average molecular weight is 403 g/mol. The van der Waals surface area contributed by atoms with Gasteiger partial charge < -0.3 is 13.6 Å². The summed E-state index contributed by atoms with van der Waals surface area (Å²) in [7, 11) is -2.50. The van der Waals surface area contributed by atoms with Gasteiger partial charge in [-0.1, -0.05) is 47.6 Å². The minimum Gasteiger partial charge on any atom is -0.469 e. The molecule has 2 atom stereocenters. The molecule has 0 fully saturated rings. The van der Waals surface area contributed by atoms with Crippen molar-refractivity contribution in [2.75, 3.05) is 13.7 Å². The van der Waals surface area contributed by atoms with Gasteiger partial charge >= 0.3 is 5.97 Å². The van der Waals surface area contributed by atoms with Crippen molar-refractivity contribution in [3.05, 3.63) is 12.7 Å². The van der Waals surface area contributed by atoms with Gasteiger partial charge in [-0.25, -0.2) is 0 Å². The van der Waals surface area contributed by atoms with Crippen molar-refractivity contribution in [3.8, 4) is 0 Å². The molecule has 6 heteroatoms. The summed E-state index contributed by atoms with van der Waals surface area (Å²) in [5.41, 5.74) is 0. The van der Waals surface area contributed by atoms with Gasteiger partial charge in [-0.3, -0.25) is 4.79 Å². The number of esters is 1. The SMILES string of the molecule is C=C[C@@H](CO[Si](C)(C)C(C)(C)C)[C@@H](CC(=O)OC)O[Si](C)(C)C(C)(C)C. The molecule has 0 aliphatic rings. The smallest absolute Gasteiger partial charge is 0.308 e. The van der Waals surface area contributed by atoms with Gasteiger partial charge in [0.25, 0.3) is 0 Å². The number of carbonyl (C=O) groups excluding carboxylic acids is 1. The molecular weight excluding hydrogens is 360 g/mol. The first kappa shape index (κ1) is 25.6. The Balaban J connectivity index is 5.43. The van der Waals surface area contributed by atoms with Crippen LogP contribution in [0.1, 0.15) is 48.0 Å². The van der Waals surface area contributed by atoms with E-state index in [1.807, 2.05) is 6.08 Å². The molecule has 0 saturated carbocycles. The van der Waals surface area contributed by atoms with Gasteiger partial charge in [0.2, 0.25) is 0 Å². The summed E-state index contributed by atoms with van der Waals surface area (Å²) in [5.74, 6) is -0.301. The van der Waals surface area contributed by atoms with Crippen molar-refractivity contribution in [2.24, 2.45) is 5.92 Å². The van der Waals surface area contributed by atoms with E-state index in [0.717, 1.165) is 0 Å². The zero-order valence-corrected chi connectivity index (χ0v) is 21.0. The highest BCUT2D eigenvalue weighted by Crippen LogP contribution is 2.40. The highest BCUT2D eigenvalue weighted by Gasteiger charge is 2.42. The summed E-state index contributed by atoms with van der Waals surface area (Å²) in [5, 5.41) is 0.199. The molecule has 0 radical (unpaired) electrons. The van der Waals surface area contributed by atoms with E-state index in [9.17, 15) is 4.79 Å². The van der Waals surface area contributed by atoms with E-state index in [4.69, 9.17) is 13.6 Å². The van der Waals surface area contributed by atoms with Crippen LogP contribution in [0.25, 0.3) is 0 Å². The molecule has 0 aliphatic heterocycles. The highest BCUT2D eigenvalue weighted by molar-refractivity contribution is 6.74. The van der Waals surface area contributed by atoms with Crippen LogP contribution in [0.4, 0.5) is 0 Å². The van der Waals surface area contributed by atoms with Crippen LogP contribution in [0, 0.1) is 5.92 Å². The van der Waals surface area contributed by atoms with Gasteiger partial charge in [0, 0.05) is 12.5 Å². The van der Waals surface area contributed by atoms with Gasteiger partial charge in [0.1, 0.15) is 0 Å². The third-order valence-corrected chi connectivity index (χ3v) is 15.1. The predicted octanol–water partition coefficient (Wildman–Crippen LogP) is 5.76. The summed E-state index contributed by atoms with van der Waals surface area (Å²) in [6, 6.07) is 0. The van der Waals surface area contributed by atoms with Crippen LogP contribution >= 0.6 is 0 Å². The maximum absolute atomic E-state index is 12.0. The first-order valence-corrected chi connectivity index (χ1v) is 15.3. The molecule has 0 bridgehead atoms. The maximum atomic E-state index is 12.0. The predicted molar refractivity (Wildman–Crippen MR) is 116 cm³/mol. The second kappa shape index (κ2) is 9.17. The van der Waals surface area contributed by atoms with E-state index < -0.39 is 16.6 Å². The molecular formula is C20H42O4Si2. The van der Waals surface area contributed by atoms with E-state index in [2.05, 4.69) is 74.3 Å². The van der Waals surface area contributed by atoms with Crippen LogP contribution in [-0.2, 0) is 18.4 Å². The Morgan fingerprint density at radius 2 is 1.46 bits per heavy atom. The fourth-order valence-corrected chi connectivity index (χ4v) is 4.34. The Morgan fingerprint density at radius 3 is 1.81 bits per heavy atom. The Hall–Kier alpha value is -0.436. The Labute approximate surface area is 163 Å². The molecule has 4 nitrogen and oxygen atoms in total. The van der Waals surface area contributed by atoms with Crippen molar-refractivity contribution in [2.45, 2.75) is 90.3 Å². The molecule has 0 heterocycles. The maximum Gasteiger partial charge on any atom is 0.308 e. The zero-order valence-electron chi connectivity index (χ0n) is 19.0. The number of rotatable bonds is 9. The summed E-state index contributed by atoms with van der Waals surface area (Å²) >= 11 is 0. The topological polar surface area (TPSA) is 44.8 Å². The van der Waals surface area contributed by atoms with Gasteiger partial charge in [0.15, 0.2) is 16.6 Å². The lowest BCUT2D eigenvalue weighted by atomic mass is 10.0. The van der Waals surface area contributed by atoms with Crippen LogP contribution in [0.5, 0.6) is 0 Å². The van der Waals surface area contributed by atoms with E-state index in [-0.39, 0.29) is 34.5 Å². The average Bonchev–Trinajstić information content (AvgIpc) is 2.44. The third kappa shape index (κ3) is 7.29. The molecule has 0 saturated heterocycles. The lowest BCUT2D eigenvalue weighted by Gasteiger charge is -2.42. The van der Waals surface area contributed by atoms with Crippen molar-refractivity contribution in [1.82, 2.24) is 0 Å². The molecule has 0 aromatic rings. The number of hydrogen-bond donors (Lipinski definition) is 0. The summed E-state index contributed by atoms with van der Waals surface area (Å²) in [4.78, 5) is 12.0. The molecule has 26 heavy (non-hydrogen) atoms. The molecule has 0 aromatic heterocycles. The number of carbonyl (C=O) groups is 1. The number of methoxy groups -OCH3 is 1. The first-order chi connectivity index (χ1) is 11.5. The van der Waals surface area contributed by atoms with Crippen LogP contribution in [0.3, 0.4) is 0 Å². The highest BCUT2D eigenvalue weighted by atomic mass is 28.4. The van der Waals surface area contributed by atoms with E-state index >= 15 is 0 Å². The van der Waals surface area contributed by atoms with Crippen LogP contribution in [0.2, 0.25) is 36.3 Å². The van der Waals surface area contributed by atoms with Crippen molar-refractivity contribution < 1.29 is 18.4 Å². The molecule has 0 spiro atoms. The molecule has 0 aliphatic carbocycles. The normalized spacial score (nSPS) is 16.1. The molecule has 0 amide bonds. The van der Waals surface area contributed by atoms with E-state index in [0.29, 0.717) is 6.61 Å². The largest absolute Gasteiger partial charge is 0.469 e. The Kier molecular flexibility index (Phi) is 9.02. The molecule has 0 N–H and O–H groups in total. The summed E-state index contributed by atoms with van der Waals surface area (Å²) in [6.07, 6.45) is 1.82. The summed E-state index contributed by atoms with van der Waals surface area (Å²) in [6.45, 7) is 26.6. The molecule has 0 unspecified atom stereocenters. The minimum absolute atomic E-state index is 0.0441. The van der Waals surface area contributed by atoms with Gasteiger partial charge in [-0.05, 0) is 36.3 Å². The van der Waals surface area contributed by atoms with Gasteiger partial charge in [-0.2, -0.15) is 0 Å². The zero-order chi connectivity index (χ0) is 21.0.